The Morgan fingerprint density at radius 2 is 1.63 bits per heavy atom. The summed E-state index contributed by atoms with van der Waals surface area (Å²) in [5, 5.41) is 7.03. The minimum absolute atomic E-state index is 0.0316. The van der Waals surface area contributed by atoms with Gasteiger partial charge in [0.15, 0.2) is 5.82 Å². The zero-order valence-electron chi connectivity index (χ0n) is 22.8. The Balaban J connectivity index is 1.04. The quantitative estimate of drug-likeness (QED) is 0.278. The van der Waals surface area contributed by atoms with Crippen LogP contribution in [0.4, 0.5) is 0 Å². The van der Waals surface area contributed by atoms with Crippen molar-refractivity contribution in [3.63, 3.8) is 0 Å². The molecule has 4 aromatic heterocycles. The summed E-state index contributed by atoms with van der Waals surface area (Å²) in [5.74, 6) is 1.29. The maximum Gasteiger partial charge on any atom is 0.234 e. The van der Waals surface area contributed by atoms with Crippen LogP contribution in [0.5, 0.6) is 0 Å². The molecule has 1 aliphatic heterocycles. The summed E-state index contributed by atoms with van der Waals surface area (Å²) in [6.07, 6.45) is 4.10. The van der Waals surface area contributed by atoms with E-state index in [4.69, 9.17) is 4.98 Å². The number of hydrogen-bond acceptors (Lipinski definition) is 7. The fourth-order valence-corrected chi connectivity index (χ4v) is 5.33. The number of imidazole rings is 1. The number of ketones is 1. The molecule has 9 nitrogen and oxygen atoms in total. The molecule has 0 aliphatic carbocycles. The van der Waals surface area contributed by atoms with Gasteiger partial charge in [-0.2, -0.15) is 0 Å². The number of carbonyl (C=O) groups is 1. The van der Waals surface area contributed by atoms with E-state index in [9.17, 15) is 4.79 Å². The van der Waals surface area contributed by atoms with Gasteiger partial charge in [-0.25, -0.2) is 19.9 Å². The Bertz CT molecular complexity index is 1870. The van der Waals surface area contributed by atoms with Gasteiger partial charge in [0.05, 0.1) is 17.3 Å². The highest BCUT2D eigenvalue weighted by atomic mass is 16.1. The first kappa shape index (κ1) is 25.0. The molecule has 0 unspecified atom stereocenters. The van der Waals surface area contributed by atoms with Crippen LogP contribution in [-0.2, 0) is 6.54 Å². The number of rotatable bonds is 7. The zero-order valence-corrected chi connectivity index (χ0v) is 22.8. The van der Waals surface area contributed by atoms with Crippen molar-refractivity contribution in [3.8, 4) is 33.9 Å². The Labute approximate surface area is 237 Å². The number of benzene rings is 2. The number of likely N-dealkylation sites (tertiary alicyclic amines) is 1. The molecule has 0 spiro atoms. The van der Waals surface area contributed by atoms with Crippen LogP contribution in [0.25, 0.3) is 39.7 Å². The normalized spacial score (nSPS) is 13.9. The van der Waals surface area contributed by atoms with E-state index >= 15 is 0 Å². The molecule has 0 saturated carbocycles. The van der Waals surface area contributed by atoms with Crippen molar-refractivity contribution in [1.29, 1.82) is 0 Å². The van der Waals surface area contributed by atoms with Crippen LogP contribution in [-0.4, -0.2) is 58.3 Å². The van der Waals surface area contributed by atoms with Crippen LogP contribution >= 0.6 is 0 Å². The molecule has 7 rings (SSSR count). The van der Waals surface area contributed by atoms with Crippen LogP contribution in [0.3, 0.4) is 0 Å². The van der Waals surface area contributed by atoms with E-state index in [1.807, 2.05) is 60.8 Å². The fourth-order valence-electron chi connectivity index (χ4n) is 5.33. The number of pyridine rings is 1. The minimum Gasteiger partial charge on any atom is -0.298 e. The molecule has 0 amide bonds. The second-order valence-corrected chi connectivity index (χ2v) is 10.6. The van der Waals surface area contributed by atoms with Gasteiger partial charge >= 0.3 is 0 Å². The molecule has 1 saturated heterocycles. The van der Waals surface area contributed by atoms with E-state index in [2.05, 4.69) is 72.6 Å². The SMILES string of the molecule is Cc1cccc(-c2nc(C(=O)C3CN(Cc4ccc(-c5nc6nc(C)cn6cc5-c5ccccc5)cc4)C3)n[nH]2)n1. The highest BCUT2D eigenvalue weighted by Crippen LogP contribution is 2.32. The molecule has 0 radical (unpaired) electrons. The number of aromatic nitrogens is 7. The van der Waals surface area contributed by atoms with Gasteiger partial charge in [0.1, 0.15) is 5.69 Å². The van der Waals surface area contributed by atoms with E-state index in [0.29, 0.717) is 30.4 Å². The third-order valence-electron chi connectivity index (χ3n) is 7.45. The number of nitrogens with one attached hydrogen (secondary N) is 1. The summed E-state index contributed by atoms with van der Waals surface area (Å²) in [5.41, 5.74) is 7.79. The van der Waals surface area contributed by atoms with E-state index < -0.39 is 0 Å². The van der Waals surface area contributed by atoms with Crippen LogP contribution in [0.15, 0.2) is 85.2 Å². The first-order chi connectivity index (χ1) is 20.0. The number of fused-ring (bicyclic) bond motifs is 1. The van der Waals surface area contributed by atoms with Crippen molar-refractivity contribution < 1.29 is 4.79 Å². The molecule has 2 aromatic carbocycles. The van der Waals surface area contributed by atoms with E-state index in [0.717, 1.165) is 40.3 Å². The Morgan fingerprint density at radius 3 is 2.41 bits per heavy atom. The van der Waals surface area contributed by atoms with Gasteiger partial charge in [-0.05, 0) is 37.1 Å². The fraction of sp³-hybridized carbons (Fsp3) is 0.188. The van der Waals surface area contributed by atoms with E-state index in [-0.39, 0.29) is 17.5 Å². The average molecular weight is 541 g/mol. The molecule has 0 bridgehead atoms. The maximum absolute atomic E-state index is 13.0. The summed E-state index contributed by atoms with van der Waals surface area (Å²) in [6.45, 7) is 6.03. The summed E-state index contributed by atoms with van der Waals surface area (Å²) in [6, 6.07) is 24.5. The predicted molar refractivity (Wildman–Crippen MR) is 156 cm³/mol. The predicted octanol–water partition coefficient (Wildman–Crippen LogP) is 5.17. The van der Waals surface area contributed by atoms with Crippen molar-refractivity contribution >= 4 is 11.6 Å². The first-order valence-corrected chi connectivity index (χ1v) is 13.6. The molecule has 1 N–H and O–H groups in total. The summed E-state index contributed by atoms with van der Waals surface area (Å²) in [7, 11) is 0. The molecule has 0 atom stereocenters. The van der Waals surface area contributed by atoms with Crippen molar-refractivity contribution in [2.75, 3.05) is 13.1 Å². The van der Waals surface area contributed by atoms with E-state index in [1.54, 1.807) is 0 Å². The number of Topliss-reactive ketones (excluding diaryl/α,β-unsaturated/α-hetero) is 1. The molecule has 202 valence electrons. The lowest BCUT2D eigenvalue weighted by Gasteiger charge is -2.37. The monoisotopic (exact) mass is 540 g/mol. The number of nitrogens with zero attached hydrogens (tertiary/aromatic N) is 7. The highest BCUT2D eigenvalue weighted by molar-refractivity contribution is 5.95. The Morgan fingerprint density at radius 1 is 0.829 bits per heavy atom. The highest BCUT2D eigenvalue weighted by Gasteiger charge is 2.35. The molecule has 1 aliphatic rings. The van der Waals surface area contributed by atoms with Crippen molar-refractivity contribution in [1.82, 2.24) is 39.4 Å². The number of aromatic amines is 1. The number of H-pyrrole nitrogens is 1. The smallest absolute Gasteiger partial charge is 0.234 e. The summed E-state index contributed by atoms with van der Waals surface area (Å²) < 4.78 is 1.98. The lowest BCUT2D eigenvalue weighted by atomic mass is 9.93. The average Bonchev–Trinajstić information content (AvgIpc) is 3.61. The first-order valence-electron chi connectivity index (χ1n) is 13.6. The molecular formula is C32H28N8O. The molecule has 9 heteroatoms. The summed E-state index contributed by atoms with van der Waals surface area (Å²) >= 11 is 0. The van der Waals surface area contributed by atoms with Crippen LogP contribution in [0.2, 0.25) is 0 Å². The van der Waals surface area contributed by atoms with Gasteiger partial charge in [-0.3, -0.25) is 19.2 Å². The zero-order chi connectivity index (χ0) is 27.9. The van der Waals surface area contributed by atoms with Gasteiger partial charge in [0, 0.05) is 48.8 Å². The molecule has 6 aromatic rings. The third kappa shape index (κ3) is 4.92. The largest absolute Gasteiger partial charge is 0.298 e. The lowest BCUT2D eigenvalue weighted by Crippen LogP contribution is -2.49. The summed E-state index contributed by atoms with van der Waals surface area (Å²) in [4.78, 5) is 33.6. The molecule has 5 heterocycles. The lowest BCUT2D eigenvalue weighted by molar-refractivity contribution is 0.0586. The molecular weight excluding hydrogens is 512 g/mol. The Kier molecular flexibility index (Phi) is 6.20. The van der Waals surface area contributed by atoms with Gasteiger partial charge in [-0.1, -0.05) is 60.7 Å². The minimum atomic E-state index is -0.106. The van der Waals surface area contributed by atoms with Gasteiger partial charge in [0.2, 0.25) is 17.4 Å². The van der Waals surface area contributed by atoms with Crippen molar-refractivity contribution in [2.24, 2.45) is 5.92 Å². The van der Waals surface area contributed by atoms with Crippen LogP contribution in [0.1, 0.15) is 27.6 Å². The third-order valence-corrected chi connectivity index (χ3v) is 7.45. The maximum atomic E-state index is 13.0. The van der Waals surface area contributed by atoms with Gasteiger partial charge in [-0.15, -0.1) is 5.10 Å². The molecule has 41 heavy (non-hydrogen) atoms. The Hall–Kier alpha value is -5.02. The number of carbonyl (C=O) groups excluding carboxylic acids is 1. The van der Waals surface area contributed by atoms with Crippen LogP contribution < -0.4 is 0 Å². The standard InChI is InChI=1S/C32H28N8O/c1-20-7-6-10-27(33-20)30-36-31(38-37-30)29(41)25-17-39(18-25)16-22-11-13-24(14-12-22)28-26(23-8-4-3-5-9-23)19-40-15-21(2)34-32(40)35-28/h3-15,19,25H,16-18H2,1-2H3,(H,36,37,38). The second kappa shape index (κ2) is 10.2. The topological polar surface area (TPSA) is 105 Å². The second-order valence-electron chi connectivity index (χ2n) is 10.6. The van der Waals surface area contributed by atoms with Gasteiger partial charge in [0.25, 0.3) is 0 Å². The number of aryl methyl sites for hydroxylation is 2. The van der Waals surface area contributed by atoms with Crippen LogP contribution in [0, 0.1) is 19.8 Å². The van der Waals surface area contributed by atoms with Gasteiger partial charge < -0.3 is 0 Å². The van der Waals surface area contributed by atoms with Crippen molar-refractivity contribution in [2.45, 2.75) is 20.4 Å². The molecule has 1 fully saturated rings. The number of hydrogen-bond donors (Lipinski definition) is 1. The van der Waals surface area contributed by atoms with Crippen molar-refractivity contribution in [3.05, 3.63) is 108 Å². The van der Waals surface area contributed by atoms with E-state index in [1.165, 1.54) is 5.56 Å².